The second-order valence-electron chi connectivity index (χ2n) is 7.36. The summed E-state index contributed by atoms with van der Waals surface area (Å²) in [7, 11) is -2.06. The van der Waals surface area contributed by atoms with Crippen LogP contribution in [-0.4, -0.2) is 25.9 Å². The van der Waals surface area contributed by atoms with Crippen molar-refractivity contribution in [3.8, 4) is 22.6 Å². The van der Waals surface area contributed by atoms with Crippen LogP contribution in [0.25, 0.3) is 22.1 Å². The number of alkyl halides is 2. The van der Waals surface area contributed by atoms with E-state index in [1.54, 1.807) is 43.6 Å². The first-order chi connectivity index (χ1) is 15.6. The first-order valence-electron chi connectivity index (χ1n) is 9.71. The molecule has 0 bridgehead atoms. The van der Waals surface area contributed by atoms with E-state index >= 15 is 0 Å². The summed E-state index contributed by atoms with van der Waals surface area (Å²) in [5, 5.41) is 0.519. The number of fused-ring (bicyclic) bond motifs is 1. The number of ether oxygens (including phenoxy) is 2. The van der Waals surface area contributed by atoms with E-state index in [-0.39, 0.29) is 34.1 Å². The van der Waals surface area contributed by atoms with Gasteiger partial charge in [0.2, 0.25) is 0 Å². The third kappa shape index (κ3) is 4.75. The maximum Gasteiger partial charge on any atom is 0.387 e. The van der Waals surface area contributed by atoms with Crippen LogP contribution in [0.2, 0.25) is 0 Å². The lowest BCUT2D eigenvalue weighted by Crippen LogP contribution is -2.15. The van der Waals surface area contributed by atoms with Crippen LogP contribution >= 0.6 is 0 Å². The number of pyridine rings is 1. The van der Waals surface area contributed by atoms with Crippen LogP contribution in [-0.2, 0) is 23.5 Å². The van der Waals surface area contributed by atoms with Gasteiger partial charge in [0.25, 0.3) is 5.56 Å². The minimum absolute atomic E-state index is 0.00221. The molecule has 2 aromatic heterocycles. The first-order valence-corrected chi connectivity index (χ1v) is 11.6. The van der Waals surface area contributed by atoms with Crippen molar-refractivity contribution < 1.29 is 31.1 Å². The van der Waals surface area contributed by atoms with Crippen LogP contribution < -0.4 is 15.0 Å². The molecule has 0 saturated carbocycles. The normalized spacial score (nSPS) is 11.8. The highest BCUT2D eigenvalue weighted by atomic mass is 32.2. The van der Waals surface area contributed by atoms with Gasteiger partial charge in [0.15, 0.2) is 15.4 Å². The maximum absolute atomic E-state index is 12.7. The highest BCUT2D eigenvalue weighted by Gasteiger charge is 2.17. The van der Waals surface area contributed by atoms with Gasteiger partial charge in [-0.3, -0.25) is 4.79 Å². The Bertz CT molecular complexity index is 1490. The van der Waals surface area contributed by atoms with Gasteiger partial charge in [-0.2, -0.15) is 8.78 Å². The fraction of sp³-hybridized carbons (Fsp3) is 0.174. The molecule has 0 saturated heterocycles. The number of para-hydroxylation sites is 1. The molecule has 33 heavy (non-hydrogen) atoms. The van der Waals surface area contributed by atoms with Crippen LogP contribution in [0.5, 0.6) is 11.5 Å². The molecule has 10 heteroatoms. The van der Waals surface area contributed by atoms with E-state index in [0.29, 0.717) is 22.1 Å². The zero-order chi connectivity index (χ0) is 23.8. The molecule has 0 radical (unpaired) electrons. The molecular formula is C23H19F2NO6S. The molecule has 0 atom stereocenters. The number of benzene rings is 2. The molecule has 0 aliphatic carbocycles. The van der Waals surface area contributed by atoms with Crippen molar-refractivity contribution >= 4 is 20.8 Å². The van der Waals surface area contributed by atoms with Crippen LogP contribution in [0, 0.1) is 0 Å². The molecular weight excluding hydrogens is 456 g/mol. The van der Waals surface area contributed by atoms with Crippen LogP contribution in [0.1, 0.15) is 5.56 Å². The molecule has 0 aliphatic rings. The van der Waals surface area contributed by atoms with Gasteiger partial charge in [0.1, 0.15) is 18.1 Å². The smallest absolute Gasteiger partial charge is 0.387 e. The number of halogens is 2. The Morgan fingerprint density at radius 2 is 1.88 bits per heavy atom. The van der Waals surface area contributed by atoms with Crippen LogP contribution in [0.3, 0.4) is 0 Å². The minimum atomic E-state index is -3.62. The Morgan fingerprint density at radius 3 is 2.61 bits per heavy atom. The zero-order valence-electron chi connectivity index (χ0n) is 17.6. The molecule has 0 aliphatic heterocycles. The fourth-order valence-corrected chi connectivity index (χ4v) is 4.09. The molecule has 2 heterocycles. The number of aromatic nitrogens is 1. The van der Waals surface area contributed by atoms with Gasteiger partial charge in [-0.15, -0.1) is 0 Å². The predicted octanol–water partition coefficient (Wildman–Crippen LogP) is 4.38. The lowest BCUT2D eigenvalue weighted by Gasteiger charge is -2.14. The highest BCUT2D eigenvalue weighted by molar-refractivity contribution is 7.90. The van der Waals surface area contributed by atoms with Crippen molar-refractivity contribution in [3.63, 3.8) is 0 Å². The first kappa shape index (κ1) is 22.5. The number of nitrogens with zero attached hydrogens (tertiary/aromatic N) is 1. The lowest BCUT2D eigenvalue weighted by molar-refractivity contribution is -0.0508. The van der Waals surface area contributed by atoms with E-state index < -0.39 is 16.4 Å². The summed E-state index contributed by atoms with van der Waals surface area (Å²) in [4.78, 5) is 12.3. The third-order valence-electron chi connectivity index (χ3n) is 4.99. The van der Waals surface area contributed by atoms with Gasteiger partial charge in [-0.05, 0) is 35.9 Å². The predicted molar refractivity (Wildman–Crippen MR) is 117 cm³/mol. The average molecular weight is 475 g/mol. The zero-order valence-corrected chi connectivity index (χ0v) is 18.4. The Hall–Kier alpha value is -3.66. The van der Waals surface area contributed by atoms with Gasteiger partial charge in [0, 0.05) is 36.0 Å². The second-order valence-corrected chi connectivity index (χ2v) is 9.38. The molecule has 4 rings (SSSR count). The Balaban J connectivity index is 1.78. The average Bonchev–Trinajstić information content (AvgIpc) is 3.25. The van der Waals surface area contributed by atoms with Crippen molar-refractivity contribution in [2.45, 2.75) is 18.1 Å². The van der Waals surface area contributed by atoms with Gasteiger partial charge in [-0.1, -0.05) is 18.2 Å². The number of rotatable bonds is 7. The fourth-order valence-electron chi connectivity index (χ4n) is 3.42. The number of sulfone groups is 1. The van der Waals surface area contributed by atoms with Crippen molar-refractivity contribution in [1.29, 1.82) is 0 Å². The van der Waals surface area contributed by atoms with Crippen molar-refractivity contribution in [2.24, 2.45) is 7.05 Å². The standard InChI is InChI=1S/C23H19F2NO6S/c1-26-12-19(18-7-8-30-21(18)22(26)27)15-9-16(11-17(10-15)33(2,28)29)31-13-14-5-3-4-6-20(14)32-23(24)25/h3-12,23H,13H2,1-2H3. The van der Waals surface area contributed by atoms with E-state index in [1.807, 2.05) is 0 Å². The summed E-state index contributed by atoms with van der Waals surface area (Å²) < 4.78 is 67.0. The summed E-state index contributed by atoms with van der Waals surface area (Å²) >= 11 is 0. The number of aryl methyl sites for hydroxylation is 1. The molecule has 4 aromatic rings. The molecule has 0 spiro atoms. The second kappa shape index (κ2) is 8.70. The summed E-state index contributed by atoms with van der Waals surface area (Å²) in [6.07, 6.45) is 4.03. The largest absolute Gasteiger partial charge is 0.489 e. The molecule has 0 N–H and O–H groups in total. The summed E-state index contributed by atoms with van der Waals surface area (Å²) in [5.74, 6) is 0.162. The minimum Gasteiger partial charge on any atom is -0.489 e. The lowest BCUT2D eigenvalue weighted by atomic mass is 10.0. The Labute approximate surface area is 187 Å². The van der Waals surface area contributed by atoms with Crippen molar-refractivity contribution in [1.82, 2.24) is 4.57 Å². The van der Waals surface area contributed by atoms with Gasteiger partial charge in [0.05, 0.1) is 11.2 Å². The molecule has 0 amide bonds. The molecule has 7 nitrogen and oxygen atoms in total. The monoisotopic (exact) mass is 475 g/mol. The van der Waals surface area contributed by atoms with E-state index in [9.17, 15) is 22.0 Å². The van der Waals surface area contributed by atoms with E-state index in [2.05, 4.69) is 4.74 Å². The Morgan fingerprint density at radius 1 is 1.12 bits per heavy atom. The van der Waals surface area contributed by atoms with E-state index in [0.717, 1.165) is 6.26 Å². The highest BCUT2D eigenvalue weighted by Crippen LogP contribution is 2.33. The summed E-state index contributed by atoms with van der Waals surface area (Å²) in [5.41, 5.74) is 1.22. The van der Waals surface area contributed by atoms with Crippen molar-refractivity contribution in [2.75, 3.05) is 6.26 Å². The van der Waals surface area contributed by atoms with E-state index in [4.69, 9.17) is 9.15 Å². The Kier molecular flexibility index (Phi) is 5.94. The molecule has 2 aromatic carbocycles. The SMILES string of the molecule is Cn1cc(-c2cc(OCc3ccccc3OC(F)F)cc(S(C)(=O)=O)c2)c2ccoc2c1=O. The molecule has 0 unspecified atom stereocenters. The number of furan rings is 1. The van der Waals surface area contributed by atoms with Crippen molar-refractivity contribution in [3.05, 3.63) is 76.9 Å². The summed E-state index contributed by atoms with van der Waals surface area (Å²) in [6.45, 7) is -3.13. The molecule has 0 fully saturated rings. The maximum atomic E-state index is 12.7. The topological polar surface area (TPSA) is 87.7 Å². The quantitative estimate of drug-likeness (QED) is 0.394. The third-order valence-corrected chi connectivity index (χ3v) is 6.09. The van der Waals surface area contributed by atoms with Gasteiger partial charge in [-0.25, -0.2) is 8.42 Å². The summed E-state index contributed by atoms with van der Waals surface area (Å²) in [6, 6.07) is 12.2. The van der Waals surface area contributed by atoms with Gasteiger partial charge < -0.3 is 18.5 Å². The van der Waals surface area contributed by atoms with E-state index in [1.165, 1.54) is 29.0 Å². The number of hydrogen-bond acceptors (Lipinski definition) is 6. The van der Waals surface area contributed by atoms with Crippen LogP contribution in [0.15, 0.2) is 75.1 Å². The number of hydrogen-bond donors (Lipinski definition) is 0. The van der Waals surface area contributed by atoms with Crippen LogP contribution in [0.4, 0.5) is 8.78 Å². The molecule has 172 valence electrons. The van der Waals surface area contributed by atoms with Gasteiger partial charge >= 0.3 is 6.61 Å².